The van der Waals surface area contributed by atoms with Crippen molar-refractivity contribution in [3.63, 3.8) is 0 Å². The number of nitrogens with zero attached hydrogens (tertiary/aromatic N) is 1. The standard InChI is InChI=1S/C15H9F5N2/c16-10-11(17)13(19)15(14(20)12(10)18)22-21-9-5-7-3-1-2-4-8(7)6-9/h1-4,22H,5-6H2. The minimum atomic E-state index is -2.19. The molecule has 1 aliphatic carbocycles. The van der Waals surface area contributed by atoms with Crippen molar-refractivity contribution in [2.45, 2.75) is 12.8 Å². The fourth-order valence-electron chi connectivity index (χ4n) is 2.32. The lowest BCUT2D eigenvalue weighted by Crippen LogP contribution is -2.09. The summed E-state index contributed by atoms with van der Waals surface area (Å²) in [5, 5.41) is 3.77. The van der Waals surface area contributed by atoms with E-state index in [0.29, 0.717) is 18.6 Å². The van der Waals surface area contributed by atoms with E-state index in [4.69, 9.17) is 0 Å². The molecule has 3 rings (SSSR count). The number of rotatable bonds is 2. The molecule has 22 heavy (non-hydrogen) atoms. The zero-order chi connectivity index (χ0) is 15.9. The molecular weight excluding hydrogens is 303 g/mol. The third kappa shape index (κ3) is 2.32. The Kier molecular flexibility index (Phi) is 3.56. The SMILES string of the molecule is Fc1c(F)c(F)c(NN=C2Cc3ccccc3C2)c(F)c1F. The smallest absolute Gasteiger partial charge is 0.200 e. The minimum absolute atomic E-state index is 0.457. The quantitative estimate of drug-likeness (QED) is 0.386. The van der Waals surface area contributed by atoms with Crippen molar-refractivity contribution in [1.29, 1.82) is 0 Å². The minimum Gasteiger partial charge on any atom is -0.272 e. The van der Waals surface area contributed by atoms with Crippen LogP contribution in [0.15, 0.2) is 29.4 Å². The summed E-state index contributed by atoms with van der Waals surface area (Å²) in [7, 11) is 0. The van der Waals surface area contributed by atoms with Gasteiger partial charge in [-0.2, -0.15) is 5.10 Å². The van der Waals surface area contributed by atoms with Gasteiger partial charge in [0.25, 0.3) is 0 Å². The van der Waals surface area contributed by atoms with Crippen LogP contribution in [-0.4, -0.2) is 5.71 Å². The Morgan fingerprint density at radius 2 is 1.18 bits per heavy atom. The molecule has 0 amide bonds. The van der Waals surface area contributed by atoms with Crippen molar-refractivity contribution in [1.82, 2.24) is 0 Å². The van der Waals surface area contributed by atoms with E-state index < -0.39 is 34.8 Å². The normalized spacial score (nSPS) is 13.2. The first kappa shape index (κ1) is 14.5. The number of hydrogen-bond acceptors (Lipinski definition) is 2. The highest BCUT2D eigenvalue weighted by Gasteiger charge is 2.26. The van der Waals surface area contributed by atoms with Gasteiger partial charge in [-0.05, 0) is 11.1 Å². The van der Waals surface area contributed by atoms with E-state index in [1.54, 1.807) is 0 Å². The van der Waals surface area contributed by atoms with Gasteiger partial charge in [0.15, 0.2) is 23.3 Å². The van der Waals surface area contributed by atoms with Crippen LogP contribution in [0.4, 0.5) is 27.6 Å². The zero-order valence-electron chi connectivity index (χ0n) is 11.1. The van der Waals surface area contributed by atoms with Gasteiger partial charge in [-0.15, -0.1) is 0 Å². The van der Waals surface area contributed by atoms with Crippen LogP contribution in [0.2, 0.25) is 0 Å². The van der Waals surface area contributed by atoms with Crippen molar-refractivity contribution in [3.8, 4) is 0 Å². The molecule has 1 N–H and O–H groups in total. The number of anilines is 1. The van der Waals surface area contributed by atoms with Crippen LogP contribution in [-0.2, 0) is 12.8 Å². The molecule has 0 fully saturated rings. The van der Waals surface area contributed by atoms with Gasteiger partial charge in [-0.25, -0.2) is 22.0 Å². The van der Waals surface area contributed by atoms with E-state index in [2.05, 4.69) is 5.10 Å². The lowest BCUT2D eigenvalue weighted by atomic mass is 10.1. The van der Waals surface area contributed by atoms with E-state index >= 15 is 0 Å². The lowest BCUT2D eigenvalue weighted by molar-refractivity contribution is 0.381. The molecular formula is C15H9F5N2. The Bertz CT molecular complexity index is 730. The van der Waals surface area contributed by atoms with Crippen molar-refractivity contribution in [3.05, 3.63) is 64.5 Å². The summed E-state index contributed by atoms with van der Waals surface area (Å²) in [6, 6.07) is 7.46. The summed E-state index contributed by atoms with van der Waals surface area (Å²) in [6.07, 6.45) is 0.914. The number of benzene rings is 2. The van der Waals surface area contributed by atoms with Crippen LogP contribution in [0.25, 0.3) is 0 Å². The first-order chi connectivity index (χ1) is 10.5. The van der Waals surface area contributed by atoms with Gasteiger partial charge in [0.2, 0.25) is 5.82 Å². The second-order valence-corrected chi connectivity index (χ2v) is 4.86. The number of fused-ring (bicyclic) bond motifs is 1. The van der Waals surface area contributed by atoms with E-state index in [1.165, 1.54) is 0 Å². The molecule has 0 aromatic heterocycles. The van der Waals surface area contributed by atoms with Crippen LogP contribution < -0.4 is 5.43 Å². The van der Waals surface area contributed by atoms with Crippen LogP contribution in [0, 0.1) is 29.1 Å². The predicted octanol–water partition coefficient (Wildman–Crippen LogP) is 3.95. The highest BCUT2D eigenvalue weighted by atomic mass is 19.2. The third-order valence-corrected chi connectivity index (χ3v) is 3.44. The summed E-state index contributed by atoms with van der Waals surface area (Å²) in [5.74, 6) is -10.1. The molecule has 0 spiro atoms. The van der Waals surface area contributed by atoms with Gasteiger partial charge in [-0.3, -0.25) is 5.43 Å². The Labute approximate surface area is 122 Å². The van der Waals surface area contributed by atoms with Crippen molar-refractivity contribution in [2.24, 2.45) is 5.10 Å². The molecule has 2 aromatic carbocycles. The Hall–Kier alpha value is -2.44. The maximum Gasteiger partial charge on any atom is 0.200 e. The summed E-state index contributed by atoms with van der Waals surface area (Å²) >= 11 is 0. The molecule has 0 atom stereocenters. The lowest BCUT2D eigenvalue weighted by Gasteiger charge is -2.07. The van der Waals surface area contributed by atoms with Crippen molar-refractivity contribution >= 4 is 11.4 Å². The second kappa shape index (κ2) is 5.40. The highest BCUT2D eigenvalue weighted by molar-refractivity contribution is 5.93. The number of halogens is 5. The van der Waals surface area contributed by atoms with Gasteiger partial charge < -0.3 is 0 Å². The van der Waals surface area contributed by atoms with E-state index in [-0.39, 0.29) is 0 Å². The Balaban J connectivity index is 1.89. The van der Waals surface area contributed by atoms with E-state index in [1.807, 2.05) is 29.7 Å². The molecule has 0 unspecified atom stereocenters. The molecule has 0 radical (unpaired) electrons. The molecule has 0 saturated carbocycles. The summed E-state index contributed by atoms with van der Waals surface area (Å²) in [6.45, 7) is 0. The molecule has 0 saturated heterocycles. The van der Waals surface area contributed by atoms with Crippen LogP contribution >= 0.6 is 0 Å². The third-order valence-electron chi connectivity index (χ3n) is 3.44. The Morgan fingerprint density at radius 3 is 1.68 bits per heavy atom. The number of hydrogen-bond donors (Lipinski definition) is 1. The van der Waals surface area contributed by atoms with E-state index in [0.717, 1.165) is 11.1 Å². The van der Waals surface area contributed by atoms with Gasteiger partial charge in [0, 0.05) is 18.6 Å². The molecule has 114 valence electrons. The molecule has 0 aliphatic heterocycles. The van der Waals surface area contributed by atoms with Crippen molar-refractivity contribution < 1.29 is 22.0 Å². The maximum atomic E-state index is 13.5. The zero-order valence-corrected chi connectivity index (χ0v) is 11.1. The highest BCUT2D eigenvalue weighted by Crippen LogP contribution is 2.27. The van der Waals surface area contributed by atoms with Gasteiger partial charge in [0.1, 0.15) is 5.69 Å². The molecule has 1 aliphatic rings. The number of hydrazone groups is 1. The van der Waals surface area contributed by atoms with Crippen molar-refractivity contribution in [2.75, 3.05) is 5.43 Å². The molecule has 0 heterocycles. The summed E-state index contributed by atoms with van der Waals surface area (Å²) in [4.78, 5) is 0. The summed E-state index contributed by atoms with van der Waals surface area (Å²) < 4.78 is 66.0. The van der Waals surface area contributed by atoms with E-state index in [9.17, 15) is 22.0 Å². The average molecular weight is 312 g/mol. The molecule has 0 bridgehead atoms. The van der Waals surface area contributed by atoms with Gasteiger partial charge in [0.05, 0.1) is 0 Å². The summed E-state index contributed by atoms with van der Waals surface area (Å²) in [5.41, 5.74) is 3.38. The molecule has 2 aromatic rings. The fraction of sp³-hybridized carbons (Fsp3) is 0.133. The predicted molar refractivity (Wildman–Crippen MR) is 71.1 cm³/mol. The average Bonchev–Trinajstić information content (AvgIpc) is 2.94. The second-order valence-electron chi connectivity index (χ2n) is 4.86. The first-order valence-corrected chi connectivity index (χ1v) is 6.38. The maximum absolute atomic E-state index is 13.5. The fourth-order valence-corrected chi connectivity index (χ4v) is 2.32. The first-order valence-electron chi connectivity index (χ1n) is 6.38. The van der Waals surface area contributed by atoms with Gasteiger partial charge >= 0.3 is 0 Å². The van der Waals surface area contributed by atoms with Gasteiger partial charge in [-0.1, -0.05) is 24.3 Å². The monoisotopic (exact) mass is 312 g/mol. The largest absolute Gasteiger partial charge is 0.272 e. The van der Waals surface area contributed by atoms with Crippen LogP contribution in [0.5, 0.6) is 0 Å². The molecule has 2 nitrogen and oxygen atoms in total. The molecule has 7 heteroatoms. The number of nitrogens with one attached hydrogen (secondary N) is 1. The topological polar surface area (TPSA) is 24.4 Å². The van der Waals surface area contributed by atoms with Crippen LogP contribution in [0.3, 0.4) is 0 Å². The Morgan fingerprint density at radius 1 is 0.727 bits per heavy atom. The van der Waals surface area contributed by atoms with Crippen LogP contribution in [0.1, 0.15) is 11.1 Å².